The fourth-order valence-corrected chi connectivity index (χ4v) is 3.49. The van der Waals surface area contributed by atoms with Gasteiger partial charge < -0.3 is 15.4 Å². The van der Waals surface area contributed by atoms with Gasteiger partial charge in [0.05, 0.1) is 11.0 Å². The Morgan fingerprint density at radius 2 is 1.79 bits per heavy atom. The number of H-pyrrole nitrogens is 1. The van der Waals surface area contributed by atoms with E-state index in [-0.39, 0.29) is 17.2 Å². The monoisotopic (exact) mass is 445 g/mol. The third kappa shape index (κ3) is 5.12. The predicted molar refractivity (Wildman–Crippen MR) is 121 cm³/mol. The third-order valence-electron chi connectivity index (χ3n) is 5.18. The number of aryl methyl sites for hydroxylation is 1. The SMILES string of the molecule is O=C(O)CNC(=O)c1nc2ccc(-c3cc(C(=O)CCc4ccccc4)ccc3F)cc2[nH]1. The number of hydrogen-bond donors (Lipinski definition) is 3. The molecular weight excluding hydrogens is 425 g/mol. The number of halogens is 1. The number of aromatic amines is 1. The number of carbonyl (C=O) groups is 3. The van der Waals surface area contributed by atoms with E-state index in [0.29, 0.717) is 35.0 Å². The van der Waals surface area contributed by atoms with Crippen molar-refractivity contribution in [3.05, 3.63) is 89.5 Å². The molecule has 0 unspecified atom stereocenters. The van der Waals surface area contributed by atoms with Crippen molar-refractivity contribution in [2.45, 2.75) is 12.8 Å². The van der Waals surface area contributed by atoms with Crippen molar-refractivity contribution < 1.29 is 23.9 Å². The van der Waals surface area contributed by atoms with Crippen LogP contribution in [0.3, 0.4) is 0 Å². The van der Waals surface area contributed by atoms with E-state index in [4.69, 9.17) is 5.11 Å². The van der Waals surface area contributed by atoms with Crippen molar-refractivity contribution in [2.24, 2.45) is 0 Å². The Balaban J connectivity index is 1.56. The smallest absolute Gasteiger partial charge is 0.322 e. The maximum Gasteiger partial charge on any atom is 0.322 e. The second-order valence-corrected chi connectivity index (χ2v) is 7.50. The topological polar surface area (TPSA) is 112 Å². The largest absolute Gasteiger partial charge is 0.480 e. The zero-order chi connectivity index (χ0) is 23.4. The molecule has 1 aromatic heterocycles. The van der Waals surface area contributed by atoms with Gasteiger partial charge in [-0.1, -0.05) is 36.4 Å². The van der Waals surface area contributed by atoms with Crippen LogP contribution in [0, 0.1) is 5.82 Å². The Morgan fingerprint density at radius 1 is 1.00 bits per heavy atom. The van der Waals surface area contributed by atoms with Crippen LogP contribution in [-0.2, 0) is 11.2 Å². The Hall–Kier alpha value is -4.33. The van der Waals surface area contributed by atoms with Crippen LogP contribution < -0.4 is 5.32 Å². The number of hydrogen-bond acceptors (Lipinski definition) is 4. The molecule has 0 aliphatic heterocycles. The summed E-state index contributed by atoms with van der Waals surface area (Å²) in [5.74, 6) is -2.44. The number of imidazole rings is 1. The normalized spacial score (nSPS) is 10.8. The van der Waals surface area contributed by atoms with Crippen LogP contribution in [0.1, 0.15) is 33.0 Å². The van der Waals surface area contributed by atoms with Crippen LogP contribution in [0.25, 0.3) is 22.2 Å². The number of ketones is 1. The van der Waals surface area contributed by atoms with Gasteiger partial charge >= 0.3 is 5.97 Å². The summed E-state index contributed by atoms with van der Waals surface area (Å²) in [6, 6.07) is 18.9. The maximum atomic E-state index is 14.6. The van der Waals surface area contributed by atoms with E-state index in [0.717, 1.165) is 5.56 Å². The Morgan fingerprint density at radius 3 is 2.55 bits per heavy atom. The van der Waals surface area contributed by atoms with Gasteiger partial charge in [-0.05, 0) is 47.9 Å². The summed E-state index contributed by atoms with van der Waals surface area (Å²) in [5, 5.41) is 10.9. The van der Waals surface area contributed by atoms with Gasteiger partial charge in [0.25, 0.3) is 5.91 Å². The van der Waals surface area contributed by atoms with Crippen molar-refractivity contribution in [1.82, 2.24) is 15.3 Å². The van der Waals surface area contributed by atoms with Gasteiger partial charge in [-0.25, -0.2) is 9.37 Å². The fraction of sp³-hybridized carbons (Fsp3) is 0.120. The lowest BCUT2D eigenvalue weighted by Gasteiger charge is -2.07. The predicted octanol–water partition coefficient (Wildman–Crippen LogP) is 4.00. The Labute approximate surface area is 188 Å². The summed E-state index contributed by atoms with van der Waals surface area (Å²) in [4.78, 5) is 42.3. The molecule has 0 bridgehead atoms. The van der Waals surface area contributed by atoms with E-state index >= 15 is 0 Å². The number of rotatable bonds is 8. The van der Waals surface area contributed by atoms with Gasteiger partial charge in [-0.2, -0.15) is 0 Å². The Kier molecular flexibility index (Phi) is 6.26. The summed E-state index contributed by atoms with van der Waals surface area (Å²) in [6.45, 7) is -0.530. The molecule has 0 fully saturated rings. The molecular formula is C25H20FN3O4. The van der Waals surface area contributed by atoms with Crippen LogP contribution in [0.5, 0.6) is 0 Å². The highest BCUT2D eigenvalue weighted by atomic mass is 19.1. The van der Waals surface area contributed by atoms with Crippen molar-refractivity contribution in [3.8, 4) is 11.1 Å². The Bertz CT molecular complexity index is 1350. The van der Waals surface area contributed by atoms with Gasteiger partial charge in [0.15, 0.2) is 11.6 Å². The number of amides is 1. The number of carboxylic acids is 1. The van der Waals surface area contributed by atoms with Crippen LogP contribution in [0.4, 0.5) is 4.39 Å². The lowest BCUT2D eigenvalue weighted by molar-refractivity contribution is -0.135. The van der Waals surface area contributed by atoms with E-state index in [1.54, 1.807) is 18.2 Å². The molecule has 0 aliphatic carbocycles. The highest BCUT2D eigenvalue weighted by molar-refractivity contribution is 5.98. The molecule has 3 N–H and O–H groups in total. The summed E-state index contributed by atoms with van der Waals surface area (Å²) >= 11 is 0. The first kappa shape index (κ1) is 21.9. The number of benzene rings is 3. The third-order valence-corrected chi connectivity index (χ3v) is 5.18. The molecule has 3 aromatic carbocycles. The number of nitrogens with one attached hydrogen (secondary N) is 2. The van der Waals surface area contributed by atoms with Crippen molar-refractivity contribution in [1.29, 1.82) is 0 Å². The highest BCUT2D eigenvalue weighted by Crippen LogP contribution is 2.27. The average molecular weight is 445 g/mol. The highest BCUT2D eigenvalue weighted by Gasteiger charge is 2.15. The first-order valence-electron chi connectivity index (χ1n) is 10.3. The second kappa shape index (κ2) is 9.44. The molecule has 8 heteroatoms. The number of carbonyl (C=O) groups excluding carboxylic acids is 2. The second-order valence-electron chi connectivity index (χ2n) is 7.50. The van der Waals surface area contributed by atoms with Crippen molar-refractivity contribution in [3.63, 3.8) is 0 Å². The van der Waals surface area contributed by atoms with E-state index in [9.17, 15) is 18.8 Å². The number of aliphatic carboxylic acids is 1. The summed E-state index contributed by atoms with van der Waals surface area (Å²) in [6.07, 6.45) is 0.905. The minimum Gasteiger partial charge on any atom is -0.480 e. The van der Waals surface area contributed by atoms with E-state index in [1.165, 1.54) is 18.2 Å². The molecule has 0 saturated heterocycles. The van der Waals surface area contributed by atoms with Gasteiger partial charge in [0.2, 0.25) is 0 Å². The van der Waals surface area contributed by atoms with Crippen molar-refractivity contribution >= 4 is 28.7 Å². The van der Waals surface area contributed by atoms with Gasteiger partial charge in [-0.3, -0.25) is 14.4 Å². The number of fused-ring (bicyclic) bond motifs is 1. The van der Waals surface area contributed by atoms with Gasteiger partial charge in [0, 0.05) is 17.5 Å². The summed E-state index contributed by atoms with van der Waals surface area (Å²) in [7, 11) is 0. The van der Waals surface area contributed by atoms with Crippen LogP contribution in [0.15, 0.2) is 66.7 Å². The molecule has 0 saturated carbocycles. The molecule has 4 rings (SSSR count). The van der Waals surface area contributed by atoms with Crippen LogP contribution >= 0.6 is 0 Å². The summed E-state index contributed by atoms with van der Waals surface area (Å²) < 4.78 is 14.6. The molecule has 7 nitrogen and oxygen atoms in total. The molecule has 4 aromatic rings. The molecule has 0 spiro atoms. The zero-order valence-corrected chi connectivity index (χ0v) is 17.5. The minimum atomic E-state index is -1.17. The minimum absolute atomic E-state index is 0.0475. The first-order valence-corrected chi connectivity index (χ1v) is 10.3. The van der Waals surface area contributed by atoms with E-state index in [2.05, 4.69) is 15.3 Å². The molecule has 0 aliphatic rings. The van der Waals surface area contributed by atoms with Gasteiger partial charge in [0.1, 0.15) is 12.4 Å². The fourth-order valence-electron chi connectivity index (χ4n) is 3.49. The lowest BCUT2D eigenvalue weighted by Crippen LogP contribution is -2.29. The van der Waals surface area contributed by atoms with E-state index in [1.807, 2.05) is 30.3 Å². The van der Waals surface area contributed by atoms with Crippen molar-refractivity contribution in [2.75, 3.05) is 6.54 Å². The molecule has 166 valence electrons. The molecule has 1 amide bonds. The van der Waals surface area contributed by atoms with E-state index < -0.39 is 24.2 Å². The van der Waals surface area contributed by atoms with Crippen LogP contribution in [0.2, 0.25) is 0 Å². The number of Topliss-reactive ketones (excluding diaryl/α,β-unsaturated/α-hetero) is 1. The maximum absolute atomic E-state index is 14.6. The number of carboxylic acid groups (broad SMARTS) is 1. The average Bonchev–Trinajstić information content (AvgIpc) is 3.25. The summed E-state index contributed by atoms with van der Waals surface area (Å²) in [5.41, 5.74) is 3.19. The van der Waals surface area contributed by atoms with Crippen LogP contribution in [-0.4, -0.2) is 39.3 Å². The number of aromatic nitrogens is 2. The van der Waals surface area contributed by atoms with Gasteiger partial charge in [-0.15, -0.1) is 0 Å². The zero-order valence-electron chi connectivity index (χ0n) is 17.5. The standard InChI is InChI=1S/C25H20FN3O4/c26-19-9-7-17(22(30)11-6-15-4-2-1-3-5-15)12-18(19)16-8-10-20-21(13-16)29-24(28-20)25(33)27-14-23(31)32/h1-5,7-10,12-13H,6,11,14H2,(H,27,33)(H,28,29)(H,31,32). The molecule has 33 heavy (non-hydrogen) atoms. The molecule has 1 heterocycles. The number of nitrogens with zero attached hydrogens (tertiary/aromatic N) is 1. The first-order chi connectivity index (χ1) is 15.9. The molecule has 0 atom stereocenters. The lowest BCUT2D eigenvalue weighted by atomic mass is 9.97. The quantitative estimate of drug-likeness (QED) is 0.355. The molecule has 0 radical (unpaired) electrons.